The average Bonchev–Trinajstić information content (AvgIpc) is 2.42. The molecule has 0 fully saturated rings. The number of hydrogen-bond donors (Lipinski definition) is 1. The third-order valence-corrected chi connectivity index (χ3v) is 4.25. The highest BCUT2D eigenvalue weighted by molar-refractivity contribution is 9.10. The predicted octanol–water partition coefficient (Wildman–Crippen LogP) is 4.32. The van der Waals surface area contributed by atoms with Crippen LogP contribution in [0.25, 0.3) is 0 Å². The van der Waals surface area contributed by atoms with E-state index in [1.54, 1.807) is 7.11 Å². The lowest BCUT2D eigenvalue weighted by Crippen LogP contribution is -2.13. The molecule has 0 bridgehead atoms. The third kappa shape index (κ3) is 3.41. The predicted molar refractivity (Wildman–Crippen MR) is 87.2 cm³/mol. The van der Waals surface area contributed by atoms with Gasteiger partial charge >= 0.3 is 0 Å². The van der Waals surface area contributed by atoms with Crippen molar-refractivity contribution in [2.75, 3.05) is 7.11 Å². The topological polar surface area (TPSA) is 35.2 Å². The van der Waals surface area contributed by atoms with Gasteiger partial charge in [-0.3, -0.25) is 0 Å². The maximum absolute atomic E-state index is 6.31. The molecule has 0 aliphatic carbocycles. The summed E-state index contributed by atoms with van der Waals surface area (Å²) in [5, 5.41) is 0. The first kappa shape index (κ1) is 15.1. The molecule has 1 atom stereocenters. The zero-order chi connectivity index (χ0) is 14.7. The number of rotatable bonds is 4. The van der Waals surface area contributed by atoms with E-state index in [0.717, 1.165) is 22.2 Å². The van der Waals surface area contributed by atoms with Crippen LogP contribution in [-0.2, 0) is 6.42 Å². The first-order chi connectivity index (χ1) is 9.51. The first-order valence-electron chi connectivity index (χ1n) is 6.66. The quantitative estimate of drug-likeness (QED) is 0.904. The Balaban J connectivity index is 2.17. The third-order valence-electron chi connectivity index (χ3n) is 3.63. The molecule has 0 spiro atoms. The fourth-order valence-electron chi connectivity index (χ4n) is 2.22. The van der Waals surface area contributed by atoms with Crippen LogP contribution in [0.4, 0.5) is 0 Å². The molecular weight excluding hydrogens is 314 g/mol. The van der Waals surface area contributed by atoms with E-state index in [1.165, 1.54) is 16.7 Å². The number of nitrogens with two attached hydrogens (primary N) is 1. The molecule has 0 saturated heterocycles. The van der Waals surface area contributed by atoms with Gasteiger partial charge < -0.3 is 10.5 Å². The standard InChI is InChI=1S/C17H20BrNO/c1-11-4-5-13(8-12(11)2)9-16(19)14-6-7-17(20-3)15(18)10-14/h4-8,10,16H,9,19H2,1-3H3. The zero-order valence-corrected chi connectivity index (χ0v) is 13.7. The second-order valence-electron chi connectivity index (χ2n) is 5.12. The molecule has 0 amide bonds. The highest BCUT2D eigenvalue weighted by atomic mass is 79.9. The first-order valence-corrected chi connectivity index (χ1v) is 7.45. The minimum absolute atomic E-state index is 0.0145. The maximum Gasteiger partial charge on any atom is 0.133 e. The second-order valence-corrected chi connectivity index (χ2v) is 5.98. The summed E-state index contributed by atoms with van der Waals surface area (Å²) in [6.07, 6.45) is 0.833. The fourth-order valence-corrected chi connectivity index (χ4v) is 2.77. The van der Waals surface area contributed by atoms with Gasteiger partial charge in [0.2, 0.25) is 0 Å². The van der Waals surface area contributed by atoms with E-state index in [-0.39, 0.29) is 6.04 Å². The smallest absolute Gasteiger partial charge is 0.133 e. The van der Waals surface area contributed by atoms with Crippen LogP contribution in [0.2, 0.25) is 0 Å². The number of methoxy groups -OCH3 is 1. The van der Waals surface area contributed by atoms with Crippen molar-refractivity contribution in [1.82, 2.24) is 0 Å². The summed E-state index contributed by atoms with van der Waals surface area (Å²) >= 11 is 3.50. The van der Waals surface area contributed by atoms with Gasteiger partial charge in [0.25, 0.3) is 0 Å². The van der Waals surface area contributed by atoms with Crippen molar-refractivity contribution in [3.05, 3.63) is 63.1 Å². The summed E-state index contributed by atoms with van der Waals surface area (Å²) in [5.41, 5.74) is 11.3. The van der Waals surface area contributed by atoms with Gasteiger partial charge in [0.15, 0.2) is 0 Å². The van der Waals surface area contributed by atoms with E-state index in [9.17, 15) is 0 Å². The van der Waals surface area contributed by atoms with Gasteiger partial charge in [0.05, 0.1) is 11.6 Å². The van der Waals surface area contributed by atoms with E-state index < -0.39 is 0 Å². The Kier molecular flexibility index (Phi) is 4.84. The fraction of sp³-hybridized carbons (Fsp3) is 0.294. The lowest BCUT2D eigenvalue weighted by molar-refractivity contribution is 0.412. The van der Waals surface area contributed by atoms with Gasteiger partial charge in [-0.05, 0) is 70.6 Å². The van der Waals surface area contributed by atoms with Gasteiger partial charge in [0.1, 0.15) is 5.75 Å². The molecule has 3 heteroatoms. The minimum Gasteiger partial charge on any atom is -0.496 e. The summed E-state index contributed by atoms with van der Waals surface area (Å²) in [5.74, 6) is 0.826. The van der Waals surface area contributed by atoms with E-state index in [1.807, 2.05) is 18.2 Å². The maximum atomic E-state index is 6.31. The van der Waals surface area contributed by atoms with Crippen LogP contribution in [0.3, 0.4) is 0 Å². The lowest BCUT2D eigenvalue weighted by Gasteiger charge is -2.14. The Bertz CT molecular complexity index is 610. The molecule has 0 heterocycles. The van der Waals surface area contributed by atoms with E-state index in [0.29, 0.717) is 0 Å². The highest BCUT2D eigenvalue weighted by Crippen LogP contribution is 2.28. The van der Waals surface area contributed by atoms with E-state index in [2.05, 4.69) is 48.0 Å². The van der Waals surface area contributed by atoms with Gasteiger partial charge in [-0.2, -0.15) is 0 Å². The Morgan fingerprint density at radius 3 is 2.45 bits per heavy atom. The highest BCUT2D eigenvalue weighted by Gasteiger charge is 2.10. The Labute approximate surface area is 129 Å². The van der Waals surface area contributed by atoms with Crippen molar-refractivity contribution in [2.45, 2.75) is 26.3 Å². The zero-order valence-electron chi connectivity index (χ0n) is 12.1. The molecule has 0 saturated carbocycles. The molecule has 2 nitrogen and oxygen atoms in total. The molecule has 1 unspecified atom stereocenters. The molecule has 106 valence electrons. The Hall–Kier alpha value is -1.32. The van der Waals surface area contributed by atoms with Crippen LogP contribution in [0, 0.1) is 13.8 Å². The van der Waals surface area contributed by atoms with Crippen LogP contribution in [0.5, 0.6) is 5.75 Å². The molecule has 0 aliphatic rings. The van der Waals surface area contributed by atoms with Gasteiger partial charge in [0, 0.05) is 6.04 Å². The summed E-state index contributed by atoms with van der Waals surface area (Å²) < 4.78 is 6.18. The summed E-state index contributed by atoms with van der Waals surface area (Å²) in [6.45, 7) is 4.26. The number of hydrogen-bond acceptors (Lipinski definition) is 2. The average molecular weight is 334 g/mol. The summed E-state index contributed by atoms with van der Waals surface area (Å²) in [7, 11) is 1.66. The van der Waals surface area contributed by atoms with Crippen LogP contribution in [0.15, 0.2) is 40.9 Å². The Morgan fingerprint density at radius 1 is 1.10 bits per heavy atom. The van der Waals surface area contributed by atoms with E-state index in [4.69, 9.17) is 10.5 Å². The molecule has 0 aromatic heterocycles. The van der Waals surface area contributed by atoms with Crippen molar-refractivity contribution < 1.29 is 4.74 Å². The molecule has 2 aromatic carbocycles. The van der Waals surface area contributed by atoms with Gasteiger partial charge in [-0.1, -0.05) is 24.3 Å². The lowest BCUT2D eigenvalue weighted by atomic mass is 9.97. The minimum atomic E-state index is -0.0145. The monoisotopic (exact) mass is 333 g/mol. The Morgan fingerprint density at radius 2 is 1.85 bits per heavy atom. The number of aryl methyl sites for hydroxylation is 2. The van der Waals surface area contributed by atoms with Gasteiger partial charge in [-0.25, -0.2) is 0 Å². The normalized spacial score (nSPS) is 12.2. The van der Waals surface area contributed by atoms with Crippen LogP contribution >= 0.6 is 15.9 Å². The van der Waals surface area contributed by atoms with Crippen molar-refractivity contribution in [3.8, 4) is 5.75 Å². The molecule has 2 N–H and O–H groups in total. The summed E-state index contributed by atoms with van der Waals surface area (Å²) in [6, 6.07) is 12.5. The molecule has 2 rings (SSSR count). The number of ether oxygens (including phenoxy) is 1. The number of halogens is 1. The SMILES string of the molecule is COc1ccc(C(N)Cc2ccc(C)c(C)c2)cc1Br. The number of benzene rings is 2. The molecule has 2 aromatic rings. The largest absolute Gasteiger partial charge is 0.496 e. The van der Waals surface area contributed by atoms with E-state index >= 15 is 0 Å². The summed E-state index contributed by atoms with van der Waals surface area (Å²) in [4.78, 5) is 0. The molecule has 0 aliphatic heterocycles. The van der Waals surface area contributed by atoms with Crippen molar-refractivity contribution in [3.63, 3.8) is 0 Å². The van der Waals surface area contributed by atoms with Crippen molar-refractivity contribution >= 4 is 15.9 Å². The van der Waals surface area contributed by atoms with Crippen LogP contribution in [-0.4, -0.2) is 7.11 Å². The molecule has 0 radical (unpaired) electrons. The second kappa shape index (κ2) is 6.42. The van der Waals surface area contributed by atoms with Crippen LogP contribution in [0.1, 0.15) is 28.3 Å². The van der Waals surface area contributed by atoms with Gasteiger partial charge in [-0.15, -0.1) is 0 Å². The van der Waals surface area contributed by atoms with Crippen molar-refractivity contribution in [1.29, 1.82) is 0 Å². The van der Waals surface area contributed by atoms with Crippen molar-refractivity contribution in [2.24, 2.45) is 5.73 Å². The molecular formula is C17H20BrNO. The molecule has 20 heavy (non-hydrogen) atoms. The van der Waals surface area contributed by atoms with Crippen LogP contribution < -0.4 is 10.5 Å².